The van der Waals surface area contributed by atoms with Crippen molar-refractivity contribution in [3.05, 3.63) is 121 Å². The monoisotopic (exact) mass is 392 g/mol. The van der Waals surface area contributed by atoms with Crippen molar-refractivity contribution < 1.29 is 0 Å². The van der Waals surface area contributed by atoms with Gasteiger partial charge in [-0.3, -0.25) is 0 Å². The van der Waals surface area contributed by atoms with Crippen molar-refractivity contribution in [3.63, 3.8) is 0 Å². The molecule has 3 aromatic rings. The molecule has 0 heterocycles. The lowest BCUT2D eigenvalue weighted by Crippen LogP contribution is -1.73. The predicted molar refractivity (Wildman–Crippen MR) is 137 cm³/mol. The molecule has 0 unspecified atom stereocenters. The van der Waals surface area contributed by atoms with Crippen LogP contribution in [0.4, 0.5) is 0 Å². The molecule has 0 spiro atoms. The Balaban J connectivity index is -0.000000305. The van der Waals surface area contributed by atoms with Crippen LogP contribution < -0.4 is 0 Å². The van der Waals surface area contributed by atoms with Crippen LogP contribution in [0.2, 0.25) is 0 Å². The number of hydrogen-bond acceptors (Lipinski definition) is 0. The van der Waals surface area contributed by atoms with E-state index in [9.17, 15) is 0 Å². The van der Waals surface area contributed by atoms with E-state index in [-0.39, 0.29) is 0 Å². The van der Waals surface area contributed by atoms with E-state index in [1.807, 2.05) is 83.1 Å². The molecule has 0 aliphatic heterocycles. The molecular weight excluding hydrogens is 348 g/mol. The second kappa shape index (κ2) is 30.1. The molecule has 0 radical (unpaired) electrons. The summed E-state index contributed by atoms with van der Waals surface area (Å²) < 4.78 is 0. The van der Waals surface area contributed by atoms with Gasteiger partial charge < -0.3 is 0 Å². The highest BCUT2D eigenvalue weighted by atomic mass is 13.9. The molecule has 3 aromatic carbocycles. The first-order valence-corrected chi connectivity index (χ1v) is 10.9. The van der Waals surface area contributed by atoms with Crippen molar-refractivity contribution in [3.8, 4) is 0 Å². The summed E-state index contributed by atoms with van der Waals surface area (Å²) in [5.41, 5.74) is 2.82. The maximum Gasteiger partial charge on any atom is -0.0307 e. The van der Waals surface area contributed by atoms with E-state index in [2.05, 4.69) is 69.0 Å². The molecular formula is C29H44. The highest BCUT2D eigenvalue weighted by Gasteiger charge is 1.80. The van der Waals surface area contributed by atoms with E-state index in [0.29, 0.717) is 0 Å². The first-order chi connectivity index (χ1) is 14.3. The summed E-state index contributed by atoms with van der Waals surface area (Å²) >= 11 is 0. The Morgan fingerprint density at radius 1 is 0.517 bits per heavy atom. The van der Waals surface area contributed by atoms with Crippen molar-refractivity contribution in [2.75, 3.05) is 0 Å². The van der Waals surface area contributed by atoms with Crippen LogP contribution in [0, 0.1) is 0 Å². The average molecular weight is 393 g/mol. The van der Waals surface area contributed by atoms with Gasteiger partial charge in [0.05, 0.1) is 0 Å². The molecule has 3 rings (SSSR count). The fourth-order valence-electron chi connectivity index (χ4n) is 1.81. The van der Waals surface area contributed by atoms with E-state index in [1.54, 1.807) is 6.08 Å². The van der Waals surface area contributed by atoms with E-state index in [1.165, 1.54) is 11.1 Å². The third-order valence-corrected chi connectivity index (χ3v) is 3.17. The second-order valence-corrected chi connectivity index (χ2v) is 5.24. The Morgan fingerprint density at radius 2 is 0.690 bits per heavy atom. The quantitative estimate of drug-likeness (QED) is 0.381. The molecule has 0 heteroatoms. The molecule has 0 N–H and O–H groups in total. The van der Waals surface area contributed by atoms with Gasteiger partial charge >= 0.3 is 0 Å². The normalized spacial score (nSPS) is 7.55. The predicted octanol–water partition coefficient (Wildman–Crippen LogP) is 9.43. The van der Waals surface area contributed by atoms with Crippen molar-refractivity contribution in [1.82, 2.24) is 0 Å². The zero-order valence-electron chi connectivity index (χ0n) is 19.9. The van der Waals surface area contributed by atoms with Crippen LogP contribution in [0.25, 0.3) is 0 Å². The van der Waals surface area contributed by atoms with Gasteiger partial charge in [0.25, 0.3) is 0 Å². The van der Waals surface area contributed by atoms with E-state index in [4.69, 9.17) is 0 Å². The summed E-state index contributed by atoms with van der Waals surface area (Å²) in [6.45, 7) is 17.6. The molecule has 29 heavy (non-hydrogen) atoms. The third kappa shape index (κ3) is 25.4. The van der Waals surface area contributed by atoms with Crippen LogP contribution in [-0.4, -0.2) is 0 Å². The minimum Gasteiger partial charge on any atom is -0.103 e. The maximum atomic E-state index is 3.36. The summed E-state index contributed by atoms with van der Waals surface area (Å²) in [5, 5.41) is 0. The van der Waals surface area contributed by atoms with Crippen LogP contribution in [0.15, 0.2) is 110 Å². The van der Waals surface area contributed by atoms with Gasteiger partial charge in [0.2, 0.25) is 0 Å². The zero-order chi connectivity index (χ0) is 22.6. The van der Waals surface area contributed by atoms with Crippen LogP contribution >= 0.6 is 0 Å². The largest absolute Gasteiger partial charge is 0.103 e. The molecule has 0 aliphatic rings. The van der Waals surface area contributed by atoms with Crippen LogP contribution in [0.5, 0.6) is 0 Å². The Hall–Kier alpha value is -2.60. The van der Waals surface area contributed by atoms with Crippen LogP contribution in [0.3, 0.4) is 0 Å². The van der Waals surface area contributed by atoms with Crippen molar-refractivity contribution in [1.29, 1.82) is 0 Å². The first-order valence-electron chi connectivity index (χ1n) is 10.9. The van der Waals surface area contributed by atoms with Gasteiger partial charge in [-0.25, -0.2) is 0 Å². The highest BCUT2D eigenvalue weighted by molar-refractivity contribution is 5.14. The minimum atomic E-state index is 1.14. The zero-order valence-corrected chi connectivity index (χ0v) is 19.9. The van der Waals surface area contributed by atoms with Gasteiger partial charge in [-0.1, -0.05) is 145 Å². The minimum absolute atomic E-state index is 1.14. The molecule has 0 aromatic heterocycles. The molecule has 160 valence electrons. The Bertz CT molecular complexity index is 531. The van der Waals surface area contributed by atoms with Crippen molar-refractivity contribution >= 4 is 0 Å². The summed E-state index contributed by atoms with van der Waals surface area (Å²) in [4.78, 5) is 0. The summed E-state index contributed by atoms with van der Waals surface area (Å²) in [6, 6.07) is 32.9. The number of hydrogen-bond donors (Lipinski definition) is 0. The van der Waals surface area contributed by atoms with Gasteiger partial charge in [0.1, 0.15) is 0 Å². The first kappa shape index (κ1) is 31.1. The Labute approximate surface area is 182 Å². The van der Waals surface area contributed by atoms with Gasteiger partial charge in [-0.2, -0.15) is 0 Å². The molecule has 0 amide bonds. The molecule has 0 fully saturated rings. The summed E-state index contributed by atoms with van der Waals surface area (Å²) in [7, 11) is 0. The fraction of sp³-hybridized carbons (Fsp3) is 0.310. The second-order valence-electron chi connectivity index (χ2n) is 5.24. The highest BCUT2D eigenvalue weighted by Crippen LogP contribution is 1.97. The van der Waals surface area contributed by atoms with Crippen molar-refractivity contribution in [2.24, 2.45) is 0 Å². The number of benzene rings is 3. The SMILES string of the molecule is C=CC.CC.CC.CCc1ccccc1.CCc1ccccc1.c1ccccc1. The molecule has 0 saturated heterocycles. The summed E-state index contributed by atoms with van der Waals surface area (Å²) in [6.07, 6.45) is 4.03. The Kier molecular flexibility index (Phi) is 32.3. The van der Waals surface area contributed by atoms with Crippen LogP contribution in [0.1, 0.15) is 59.6 Å². The van der Waals surface area contributed by atoms with Gasteiger partial charge in [-0.05, 0) is 30.9 Å². The number of rotatable bonds is 2. The Morgan fingerprint density at radius 3 is 0.828 bits per heavy atom. The number of allylic oxidation sites excluding steroid dienone is 1. The van der Waals surface area contributed by atoms with E-state index in [0.717, 1.165) is 12.8 Å². The topological polar surface area (TPSA) is 0 Å². The smallest absolute Gasteiger partial charge is 0.0307 e. The molecule has 0 saturated carbocycles. The van der Waals surface area contributed by atoms with Crippen molar-refractivity contribution in [2.45, 2.75) is 61.3 Å². The lowest BCUT2D eigenvalue weighted by molar-refractivity contribution is 1.14. The molecule has 0 aliphatic carbocycles. The van der Waals surface area contributed by atoms with Gasteiger partial charge in [0.15, 0.2) is 0 Å². The van der Waals surface area contributed by atoms with Gasteiger partial charge in [-0.15, -0.1) is 6.58 Å². The maximum absolute atomic E-state index is 3.36. The molecule has 0 nitrogen and oxygen atoms in total. The summed E-state index contributed by atoms with van der Waals surface area (Å²) in [5.74, 6) is 0. The van der Waals surface area contributed by atoms with E-state index >= 15 is 0 Å². The van der Waals surface area contributed by atoms with E-state index < -0.39 is 0 Å². The van der Waals surface area contributed by atoms with Gasteiger partial charge in [0, 0.05) is 0 Å². The lowest BCUT2D eigenvalue weighted by Gasteiger charge is -1.89. The third-order valence-electron chi connectivity index (χ3n) is 3.17. The van der Waals surface area contributed by atoms with Crippen LogP contribution in [-0.2, 0) is 12.8 Å². The standard InChI is InChI=1S/2C8H10.C6H6.C3H6.2C2H6/c2*1-2-8-6-4-3-5-7-8;1-2-4-6-5-3-1;1-3-2;2*1-2/h2*3-7H,2H2,1H3;1-6H;3H,1H2,2H3;2*1-2H3. The molecule has 0 bridgehead atoms. The molecule has 0 atom stereocenters. The average Bonchev–Trinajstić information content (AvgIpc) is 2.85. The fourth-order valence-corrected chi connectivity index (χ4v) is 1.81. The lowest BCUT2D eigenvalue weighted by atomic mass is 10.2. The number of aryl methyl sites for hydroxylation is 2.